The van der Waals surface area contributed by atoms with E-state index in [4.69, 9.17) is 5.26 Å². The van der Waals surface area contributed by atoms with E-state index in [0.717, 1.165) is 12.1 Å². The van der Waals surface area contributed by atoms with Crippen LogP contribution in [0.15, 0.2) is 24.3 Å². The molecule has 1 rings (SSSR count). The number of hydrogen-bond acceptors (Lipinski definition) is 3. The summed E-state index contributed by atoms with van der Waals surface area (Å²) in [6.45, 7) is 2.74. The van der Waals surface area contributed by atoms with Gasteiger partial charge in [-0.25, -0.2) is 0 Å². The maximum atomic E-state index is 12.3. The summed E-state index contributed by atoms with van der Waals surface area (Å²) in [4.78, 5) is 15.8. The van der Waals surface area contributed by atoms with Gasteiger partial charge in [0.25, 0.3) is 5.91 Å². The molecule has 0 spiro atoms. The molecule has 4 nitrogen and oxygen atoms in total. The number of anilines is 1. The molecule has 0 aliphatic heterocycles. The normalized spacial score (nSPS) is 9.67. The van der Waals surface area contributed by atoms with Gasteiger partial charge in [0.15, 0.2) is 0 Å². The lowest BCUT2D eigenvalue weighted by Crippen LogP contribution is -2.32. The average molecular weight is 245 g/mol. The number of rotatable bonds is 5. The first-order valence-corrected chi connectivity index (χ1v) is 6.03. The molecule has 18 heavy (non-hydrogen) atoms. The molecule has 1 aromatic rings. The van der Waals surface area contributed by atoms with Crippen LogP contribution in [0.3, 0.4) is 0 Å². The van der Waals surface area contributed by atoms with Gasteiger partial charge >= 0.3 is 0 Å². The zero-order chi connectivity index (χ0) is 13.5. The Balaban J connectivity index is 2.94. The first-order chi connectivity index (χ1) is 8.60. The van der Waals surface area contributed by atoms with E-state index in [-0.39, 0.29) is 12.5 Å². The van der Waals surface area contributed by atoms with Gasteiger partial charge in [-0.2, -0.15) is 5.26 Å². The minimum atomic E-state index is -0.0814. The largest absolute Gasteiger partial charge is 0.378 e. The number of nitriles is 1. The second kappa shape index (κ2) is 6.65. The summed E-state index contributed by atoms with van der Waals surface area (Å²) in [5.41, 5.74) is 1.61. The van der Waals surface area contributed by atoms with E-state index in [1.165, 1.54) is 0 Å². The Morgan fingerprint density at radius 1 is 1.39 bits per heavy atom. The molecule has 0 unspecified atom stereocenters. The summed E-state index contributed by atoms with van der Waals surface area (Å²) in [6, 6.07) is 9.48. The predicted molar refractivity (Wildman–Crippen MR) is 72.6 cm³/mol. The molecular formula is C14H19N3O. The second-order valence-electron chi connectivity index (χ2n) is 4.33. The zero-order valence-corrected chi connectivity index (χ0v) is 11.2. The van der Waals surface area contributed by atoms with Crippen LogP contribution in [0.1, 0.15) is 23.7 Å². The lowest BCUT2D eigenvalue weighted by Gasteiger charge is -2.20. The van der Waals surface area contributed by atoms with Crippen molar-refractivity contribution in [2.45, 2.75) is 13.3 Å². The monoisotopic (exact) mass is 245 g/mol. The van der Waals surface area contributed by atoms with E-state index in [0.29, 0.717) is 12.1 Å². The number of carbonyl (C=O) groups excluding carboxylic acids is 1. The standard InChI is InChI=1S/C14H19N3O/c1-4-9-17(10-8-15)14(18)12-6-5-7-13(11-12)16(2)3/h5-7,11H,4,9-10H2,1-3H3. The van der Waals surface area contributed by atoms with Crippen LogP contribution in [0.2, 0.25) is 0 Å². The van der Waals surface area contributed by atoms with Crippen LogP contribution in [-0.2, 0) is 0 Å². The highest BCUT2D eigenvalue weighted by Gasteiger charge is 2.15. The van der Waals surface area contributed by atoms with Crippen LogP contribution in [0.4, 0.5) is 5.69 Å². The maximum absolute atomic E-state index is 12.3. The number of benzene rings is 1. The van der Waals surface area contributed by atoms with Gasteiger partial charge in [0.1, 0.15) is 6.54 Å². The molecule has 96 valence electrons. The summed E-state index contributed by atoms with van der Waals surface area (Å²) in [5, 5.41) is 8.75. The van der Waals surface area contributed by atoms with E-state index in [9.17, 15) is 4.79 Å². The first-order valence-electron chi connectivity index (χ1n) is 6.03. The van der Waals surface area contributed by atoms with Crippen molar-refractivity contribution in [3.05, 3.63) is 29.8 Å². The quantitative estimate of drug-likeness (QED) is 0.747. The van der Waals surface area contributed by atoms with Gasteiger partial charge in [-0.3, -0.25) is 4.79 Å². The van der Waals surface area contributed by atoms with E-state index in [1.807, 2.05) is 50.2 Å². The SMILES string of the molecule is CCCN(CC#N)C(=O)c1cccc(N(C)C)c1. The smallest absolute Gasteiger partial charge is 0.254 e. The lowest BCUT2D eigenvalue weighted by atomic mass is 10.1. The van der Waals surface area contributed by atoms with Crippen LogP contribution in [0.5, 0.6) is 0 Å². The van der Waals surface area contributed by atoms with Gasteiger partial charge in [0.2, 0.25) is 0 Å². The van der Waals surface area contributed by atoms with Crippen LogP contribution >= 0.6 is 0 Å². The molecule has 0 fully saturated rings. The van der Waals surface area contributed by atoms with Gasteiger partial charge in [-0.05, 0) is 24.6 Å². The van der Waals surface area contributed by atoms with Crippen molar-refractivity contribution in [1.82, 2.24) is 4.90 Å². The highest BCUT2D eigenvalue weighted by atomic mass is 16.2. The first kappa shape index (κ1) is 14.0. The molecule has 0 saturated carbocycles. The molecule has 0 aliphatic rings. The Morgan fingerprint density at radius 3 is 2.67 bits per heavy atom. The lowest BCUT2D eigenvalue weighted by molar-refractivity contribution is 0.0776. The summed E-state index contributed by atoms with van der Waals surface area (Å²) in [5.74, 6) is -0.0814. The molecule has 0 saturated heterocycles. The van der Waals surface area contributed by atoms with Gasteiger partial charge in [-0.1, -0.05) is 13.0 Å². The van der Waals surface area contributed by atoms with Gasteiger partial charge in [0.05, 0.1) is 6.07 Å². The van der Waals surface area contributed by atoms with Gasteiger partial charge in [-0.15, -0.1) is 0 Å². The molecule has 0 N–H and O–H groups in total. The third-order valence-corrected chi connectivity index (χ3v) is 2.65. The van der Waals surface area contributed by atoms with Crippen LogP contribution in [0, 0.1) is 11.3 Å². The molecule has 1 aromatic carbocycles. The average Bonchev–Trinajstić information content (AvgIpc) is 2.38. The topological polar surface area (TPSA) is 47.3 Å². The summed E-state index contributed by atoms with van der Waals surface area (Å²) in [7, 11) is 3.87. The van der Waals surface area contributed by atoms with Crippen molar-refractivity contribution in [3.63, 3.8) is 0 Å². The van der Waals surface area contributed by atoms with Gasteiger partial charge in [0, 0.05) is 31.9 Å². The van der Waals surface area contributed by atoms with Gasteiger partial charge < -0.3 is 9.80 Å². The fourth-order valence-electron chi connectivity index (χ4n) is 1.71. The van der Waals surface area contributed by atoms with Crippen LogP contribution < -0.4 is 4.90 Å². The molecular weight excluding hydrogens is 226 g/mol. The van der Waals surface area contributed by atoms with E-state index in [2.05, 4.69) is 0 Å². The van der Waals surface area contributed by atoms with E-state index in [1.54, 1.807) is 11.0 Å². The third-order valence-electron chi connectivity index (χ3n) is 2.65. The molecule has 0 bridgehead atoms. The van der Waals surface area contributed by atoms with E-state index >= 15 is 0 Å². The number of amides is 1. The second-order valence-corrected chi connectivity index (χ2v) is 4.33. The third kappa shape index (κ3) is 3.49. The highest BCUT2D eigenvalue weighted by Crippen LogP contribution is 2.15. The minimum Gasteiger partial charge on any atom is -0.378 e. The maximum Gasteiger partial charge on any atom is 0.254 e. The summed E-state index contributed by atoms with van der Waals surface area (Å²) >= 11 is 0. The molecule has 1 amide bonds. The van der Waals surface area contributed by atoms with Crippen LogP contribution in [0.25, 0.3) is 0 Å². The molecule has 0 atom stereocenters. The number of nitrogens with zero attached hydrogens (tertiary/aromatic N) is 3. The number of hydrogen-bond donors (Lipinski definition) is 0. The molecule has 4 heteroatoms. The summed E-state index contributed by atoms with van der Waals surface area (Å²) in [6.07, 6.45) is 0.848. The Hall–Kier alpha value is -2.02. The minimum absolute atomic E-state index is 0.0814. The Bertz CT molecular complexity index is 449. The van der Waals surface area contributed by atoms with Crippen molar-refractivity contribution >= 4 is 11.6 Å². The van der Waals surface area contributed by atoms with Crippen molar-refractivity contribution in [1.29, 1.82) is 5.26 Å². The van der Waals surface area contributed by atoms with Crippen molar-refractivity contribution in [2.24, 2.45) is 0 Å². The molecule has 0 heterocycles. The zero-order valence-electron chi connectivity index (χ0n) is 11.2. The van der Waals surface area contributed by atoms with Crippen molar-refractivity contribution in [3.8, 4) is 6.07 Å². The Morgan fingerprint density at radius 2 is 2.11 bits per heavy atom. The molecule has 0 aliphatic carbocycles. The Kier molecular flexibility index (Phi) is 5.19. The predicted octanol–water partition coefficient (Wildman–Crippen LogP) is 2.13. The molecule has 0 radical (unpaired) electrons. The fourth-order valence-corrected chi connectivity index (χ4v) is 1.71. The summed E-state index contributed by atoms with van der Waals surface area (Å²) < 4.78 is 0. The number of carbonyl (C=O) groups is 1. The molecule has 0 aromatic heterocycles. The van der Waals surface area contributed by atoms with Crippen molar-refractivity contribution < 1.29 is 4.79 Å². The van der Waals surface area contributed by atoms with Crippen LogP contribution in [-0.4, -0.2) is 38.0 Å². The van der Waals surface area contributed by atoms with Crippen molar-refractivity contribution in [2.75, 3.05) is 32.1 Å². The Labute approximate surface area is 108 Å². The van der Waals surface area contributed by atoms with E-state index < -0.39 is 0 Å². The fraction of sp³-hybridized carbons (Fsp3) is 0.429. The highest BCUT2D eigenvalue weighted by molar-refractivity contribution is 5.95.